The molecule has 11 nitrogen and oxygen atoms in total. The number of aromatic hydroxyl groups is 1. The van der Waals surface area contributed by atoms with Crippen LogP contribution in [-0.4, -0.2) is 94.2 Å². The fourth-order valence-electron chi connectivity index (χ4n) is 5.59. The van der Waals surface area contributed by atoms with Gasteiger partial charge < -0.3 is 35.8 Å². The zero-order chi connectivity index (χ0) is 40.5. The Morgan fingerprint density at radius 1 is 0.759 bits per heavy atom. The number of rotatable bonds is 13. The number of phenols is 1. The monoisotopic (exact) mass is 782 g/mol. The van der Waals surface area contributed by atoms with Gasteiger partial charge >= 0.3 is 24.3 Å². The van der Waals surface area contributed by atoms with Crippen LogP contribution in [-0.2, 0) is 27.2 Å². The van der Waals surface area contributed by atoms with Crippen molar-refractivity contribution < 1.29 is 64.8 Å². The number of hydrogen-bond donors (Lipinski definition) is 6. The molecule has 1 heterocycles. The molecule has 0 bridgehead atoms. The van der Waals surface area contributed by atoms with Gasteiger partial charge in [-0.3, -0.25) is 9.59 Å². The highest BCUT2D eigenvalue weighted by molar-refractivity contribution is 5.87. The Kier molecular flexibility index (Phi) is 18.3. The predicted molar refractivity (Wildman–Crippen MR) is 181 cm³/mol. The van der Waals surface area contributed by atoms with Gasteiger partial charge in [0.15, 0.2) is 0 Å². The fourth-order valence-corrected chi connectivity index (χ4v) is 5.59. The number of aliphatic carboxylic acids is 2. The van der Waals surface area contributed by atoms with Crippen molar-refractivity contribution in [2.75, 3.05) is 32.7 Å². The summed E-state index contributed by atoms with van der Waals surface area (Å²) in [6, 6.07) is 10.5. The second kappa shape index (κ2) is 21.8. The molecule has 1 aromatic heterocycles. The number of halogens is 8. The van der Waals surface area contributed by atoms with Gasteiger partial charge in [0.25, 0.3) is 0 Å². The number of carbonyl (C=O) groups is 3. The third-order valence-electron chi connectivity index (χ3n) is 8.16. The first-order valence-corrected chi connectivity index (χ1v) is 16.9. The molecule has 2 aromatic carbocycles. The molecule has 0 unspecified atom stereocenters. The van der Waals surface area contributed by atoms with E-state index >= 15 is 0 Å². The first kappa shape index (κ1) is 45.4. The van der Waals surface area contributed by atoms with Crippen molar-refractivity contribution in [2.45, 2.75) is 76.2 Å². The van der Waals surface area contributed by atoms with Crippen LogP contribution in [0.2, 0.25) is 0 Å². The smallest absolute Gasteiger partial charge is 0.490 e. The number of nitrogens with one attached hydrogen (secondary N) is 3. The summed E-state index contributed by atoms with van der Waals surface area (Å²) in [5, 5.41) is 31.9. The molecule has 6 N–H and O–H groups in total. The van der Waals surface area contributed by atoms with Crippen molar-refractivity contribution in [1.82, 2.24) is 20.5 Å². The summed E-state index contributed by atoms with van der Waals surface area (Å²) in [5.74, 6) is -6.48. The van der Waals surface area contributed by atoms with E-state index in [9.17, 15) is 49.8 Å². The summed E-state index contributed by atoms with van der Waals surface area (Å²) in [6.45, 7) is 3.07. The minimum Gasteiger partial charge on any atom is -0.506 e. The van der Waals surface area contributed by atoms with Gasteiger partial charge in [0.2, 0.25) is 11.5 Å². The molecule has 1 fully saturated rings. The van der Waals surface area contributed by atoms with E-state index in [-0.39, 0.29) is 23.3 Å². The molecule has 54 heavy (non-hydrogen) atoms. The molecule has 0 radical (unpaired) electrons. The lowest BCUT2D eigenvalue weighted by Gasteiger charge is -2.32. The van der Waals surface area contributed by atoms with Crippen molar-refractivity contribution in [2.24, 2.45) is 0 Å². The second-order valence-electron chi connectivity index (χ2n) is 12.2. The molecule has 1 saturated carbocycles. The Balaban J connectivity index is 0.000000610. The number of carbonyl (C=O) groups excluding carboxylic acids is 1. The first-order valence-electron chi connectivity index (χ1n) is 16.9. The van der Waals surface area contributed by atoms with E-state index in [0.29, 0.717) is 56.6 Å². The number of carboxylic acid groups (broad SMARTS) is 2. The number of amides is 1. The van der Waals surface area contributed by atoms with E-state index in [1.165, 1.54) is 31.0 Å². The zero-order valence-electron chi connectivity index (χ0n) is 29.0. The van der Waals surface area contributed by atoms with E-state index in [2.05, 4.69) is 15.6 Å². The SMILES string of the molecule is O=C(CCNCCc1cc(F)cc(F)c1)N(CCNCCc1ccc(O)c2[nH]c(=O)ccc12)C1CCCCCC1.O=C(O)C(F)(F)F.O=C(O)C(F)(F)F. The molecule has 1 aliphatic rings. The number of aromatic nitrogens is 1. The normalized spacial score (nSPS) is 13.6. The quantitative estimate of drug-likeness (QED) is 0.0725. The van der Waals surface area contributed by atoms with E-state index in [0.717, 1.165) is 49.1 Å². The Labute approximate surface area is 304 Å². The largest absolute Gasteiger partial charge is 0.506 e. The third kappa shape index (κ3) is 16.5. The van der Waals surface area contributed by atoms with Gasteiger partial charge in [-0.15, -0.1) is 0 Å². The Morgan fingerprint density at radius 2 is 1.30 bits per heavy atom. The summed E-state index contributed by atoms with van der Waals surface area (Å²) in [6.07, 6.45) is -1.81. The van der Waals surface area contributed by atoms with Crippen molar-refractivity contribution in [1.29, 1.82) is 0 Å². The van der Waals surface area contributed by atoms with Crippen molar-refractivity contribution >= 4 is 28.7 Å². The molecular weight excluding hydrogens is 740 g/mol. The number of aromatic amines is 1. The van der Waals surface area contributed by atoms with Crippen LogP contribution in [0.25, 0.3) is 10.9 Å². The van der Waals surface area contributed by atoms with Crippen LogP contribution in [0.5, 0.6) is 5.75 Å². The highest BCUT2D eigenvalue weighted by atomic mass is 19.4. The highest BCUT2D eigenvalue weighted by Gasteiger charge is 2.39. The highest BCUT2D eigenvalue weighted by Crippen LogP contribution is 2.25. The van der Waals surface area contributed by atoms with Crippen LogP contribution in [0.4, 0.5) is 35.1 Å². The summed E-state index contributed by atoms with van der Waals surface area (Å²) in [7, 11) is 0. The molecule has 19 heteroatoms. The minimum absolute atomic E-state index is 0.0549. The lowest BCUT2D eigenvalue weighted by Crippen LogP contribution is -2.45. The average molecular weight is 783 g/mol. The van der Waals surface area contributed by atoms with Gasteiger partial charge in [-0.25, -0.2) is 18.4 Å². The fraction of sp³-hybridized carbons (Fsp3) is 0.486. The maximum absolute atomic E-state index is 13.4. The van der Waals surface area contributed by atoms with Gasteiger partial charge in [-0.05, 0) is 74.2 Å². The number of phenolic OH excluding ortho intramolecular Hbond substituents is 1. The van der Waals surface area contributed by atoms with Gasteiger partial charge in [0, 0.05) is 49.6 Å². The maximum atomic E-state index is 13.4. The molecule has 0 spiro atoms. The van der Waals surface area contributed by atoms with E-state index in [4.69, 9.17) is 19.8 Å². The van der Waals surface area contributed by atoms with Gasteiger partial charge in [0.1, 0.15) is 17.4 Å². The van der Waals surface area contributed by atoms with Crippen LogP contribution < -0.4 is 16.2 Å². The number of nitrogens with zero attached hydrogens (tertiary/aromatic N) is 1. The number of hydrogen-bond acceptors (Lipinski definition) is 7. The van der Waals surface area contributed by atoms with E-state index < -0.39 is 35.9 Å². The second-order valence-corrected chi connectivity index (χ2v) is 12.2. The Bertz CT molecular complexity index is 1680. The van der Waals surface area contributed by atoms with Crippen molar-refractivity contribution in [3.8, 4) is 5.75 Å². The zero-order valence-corrected chi connectivity index (χ0v) is 29.0. The molecule has 4 rings (SSSR count). The standard InChI is InChI=1S/C31H40F2N4O3.2C2HF3O2/c32-24-19-22(20-25(33)21-24)11-14-34-16-13-30(40)37(26-5-3-1-2-4-6-26)18-17-35-15-12-23-7-9-28(38)31-27(23)8-10-29(39)36-31;2*3-2(4,5)1(6)7/h7-10,19-21,26,34-35,38H,1-6,11-18H2,(H,36,39);2*(H,6,7). The van der Waals surface area contributed by atoms with Crippen LogP contribution >= 0.6 is 0 Å². The molecule has 3 aromatic rings. The van der Waals surface area contributed by atoms with E-state index in [1.807, 2.05) is 11.0 Å². The summed E-state index contributed by atoms with van der Waals surface area (Å²) in [5.41, 5.74) is 1.82. The maximum Gasteiger partial charge on any atom is 0.490 e. The van der Waals surface area contributed by atoms with Crippen molar-refractivity contribution in [3.05, 3.63) is 75.6 Å². The number of pyridine rings is 1. The number of H-pyrrole nitrogens is 1. The van der Waals surface area contributed by atoms with Crippen LogP contribution in [0.3, 0.4) is 0 Å². The van der Waals surface area contributed by atoms with Crippen LogP contribution in [0.1, 0.15) is 56.1 Å². The third-order valence-corrected chi connectivity index (χ3v) is 8.16. The van der Waals surface area contributed by atoms with Gasteiger partial charge in [-0.1, -0.05) is 31.7 Å². The van der Waals surface area contributed by atoms with Gasteiger partial charge in [0.05, 0.1) is 5.52 Å². The summed E-state index contributed by atoms with van der Waals surface area (Å²) >= 11 is 0. The summed E-state index contributed by atoms with van der Waals surface area (Å²) < 4.78 is 90.3. The number of carboxylic acids is 2. The van der Waals surface area contributed by atoms with Gasteiger partial charge in [-0.2, -0.15) is 26.3 Å². The lowest BCUT2D eigenvalue weighted by atomic mass is 10.0. The number of benzene rings is 2. The predicted octanol–water partition coefficient (Wildman–Crippen LogP) is 5.68. The van der Waals surface area contributed by atoms with Crippen LogP contribution in [0, 0.1) is 11.6 Å². The Hall–Kier alpha value is -4.78. The Morgan fingerprint density at radius 3 is 1.85 bits per heavy atom. The molecule has 0 saturated heterocycles. The number of alkyl halides is 6. The summed E-state index contributed by atoms with van der Waals surface area (Å²) in [4.78, 5) is 47.5. The minimum atomic E-state index is -5.08. The molecule has 300 valence electrons. The number of fused-ring (bicyclic) bond motifs is 1. The first-order chi connectivity index (χ1) is 25.3. The van der Waals surface area contributed by atoms with E-state index in [1.54, 1.807) is 12.1 Å². The molecule has 0 atom stereocenters. The topological polar surface area (TPSA) is 172 Å². The lowest BCUT2D eigenvalue weighted by molar-refractivity contribution is -0.193. The molecule has 1 amide bonds. The average Bonchev–Trinajstić information content (AvgIpc) is 3.36. The molecular formula is C35H42F8N4O7. The van der Waals surface area contributed by atoms with Crippen molar-refractivity contribution in [3.63, 3.8) is 0 Å². The molecule has 1 aliphatic carbocycles. The van der Waals surface area contributed by atoms with Crippen LogP contribution in [0.15, 0.2) is 47.3 Å². The molecule has 0 aliphatic heterocycles.